The fourth-order valence-electron chi connectivity index (χ4n) is 3.60. The Bertz CT molecular complexity index is 930. The van der Waals surface area contributed by atoms with Crippen LogP contribution in [-0.2, 0) is 0 Å². The van der Waals surface area contributed by atoms with E-state index in [-0.39, 0.29) is 0 Å². The molecule has 1 saturated carbocycles. The quantitative estimate of drug-likeness (QED) is 0.420. The van der Waals surface area contributed by atoms with Gasteiger partial charge in [0, 0.05) is 16.5 Å². The normalized spacial score (nSPS) is 15.9. The first kappa shape index (κ1) is 16.9. The summed E-state index contributed by atoms with van der Waals surface area (Å²) in [6.45, 7) is 3.93. The molecule has 0 atom stereocenters. The molecule has 1 aromatic carbocycles. The van der Waals surface area contributed by atoms with Gasteiger partial charge in [0.1, 0.15) is 5.76 Å². The molecular weight excluding hydrogens is 352 g/mol. The Morgan fingerprint density at radius 1 is 1.20 bits per heavy atom. The highest BCUT2D eigenvalue weighted by Gasteiger charge is 2.17. The number of imidazole rings is 1. The first-order valence-corrected chi connectivity index (χ1v) is 9.96. The molecule has 0 unspecified atom stereocenters. The van der Waals surface area contributed by atoms with Gasteiger partial charge in [0.25, 0.3) is 0 Å². The van der Waals surface area contributed by atoms with E-state index in [4.69, 9.17) is 16.7 Å². The highest BCUT2D eigenvalue weighted by atomic mass is 32.2. The van der Waals surface area contributed by atoms with Gasteiger partial charge in [0.2, 0.25) is 0 Å². The van der Waals surface area contributed by atoms with E-state index in [0.29, 0.717) is 10.8 Å². The fourth-order valence-corrected chi connectivity index (χ4v) is 4.79. The second kappa shape index (κ2) is 6.97. The van der Waals surface area contributed by atoms with Crippen molar-refractivity contribution in [3.63, 3.8) is 0 Å². The lowest BCUT2D eigenvalue weighted by Crippen LogP contribution is -2.25. The Kier molecular flexibility index (Phi) is 4.71. The lowest BCUT2D eigenvalue weighted by molar-refractivity contribution is 0.393. The van der Waals surface area contributed by atoms with Gasteiger partial charge in [0.15, 0.2) is 4.77 Å². The van der Waals surface area contributed by atoms with Crippen molar-refractivity contribution in [1.82, 2.24) is 19.8 Å². The van der Waals surface area contributed by atoms with Crippen LogP contribution < -0.4 is 4.72 Å². The molecule has 7 heteroatoms. The molecule has 5 nitrogen and oxygen atoms in total. The standard InChI is InChI=1S/C18H22N4OS2/c1-10-16(11(2)23-21-10)12-8-14-17(20-18(24)19-14)15(9-12)25-22-13-6-4-3-5-7-13/h8-9,13,22H,3-7H2,1-2H3,(H2,19,20,24). The second-order valence-corrected chi connectivity index (χ2v) is 8.02. The fraction of sp³-hybridized carbons (Fsp3) is 0.444. The predicted molar refractivity (Wildman–Crippen MR) is 104 cm³/mol. The predicted octanol–water partition coefficient (Wildman–Crippen LogP) is 5.43. The van der Waals surface area contributed by atoms with E-state index in [0.717, 1.165) is 38.5 Å². The number of hydrogen-bond acceptors (Lipinski definition) is 5. The monoisotopic (exact) mass is 374 g/mol. The van der Waals surface area contributed by atoms with Gasteiger partial charge >= 0.3 is 0 Å². The van der Waals surface area contributed by atoms with Crippen LogP contribution in [0.5, 0.6) is 0 Å². The van der Waals surface area contributed by atoms with Crippen molar-refractivity contribution in [2.24, 2.45) is 0 Å². The van der Waals surface area contributed by atoms with E-state index in [1.807, 2.05) is 13.8 Å². The number of H-pyrrole nitrogens is 2. The van der Waals surface area contributed by atoms with E-state index < -0.39 is 0 Å². The van der Waals surface area contributed by atoms with Crippen molar-refractivity contribution < 1.29 is 4.52 Å². The molecule has 1 fully saturated rings. The first-order chi connectivity index (χ1) is 12.1. The number of aromatic amines is 2. The summed E-state index contributed by atoms with van der Waals surface area (Å²) < 4.78 is 9.65. The molecule has 25 heavy (non-hydrogen) atoms. The van der Waals surface area contributed by atoms with E-state index in [1.165, 1.54) is 32.1 Å². The number of nitrogens with zero attached hydrogens (tertiary/aromatic N) is 1. The number of benzene rings is 1. The van der Waals surface area contributed by atoms with E-state index in [1.54, 1.807) is 11.9 Å². The summed E-state index contributed by atoms with van der Waals surface area (Å²) in [7, 11) is 0. The molecule has 0 aliphatic heterocycles. The summed E-state index contributed by atoms with van der Waals surface area (Å²) in [5, 5.41) is 4.09. The van der Waals surface area contributed by atoms with Gasteiger partial charge in [-0.15, -0.1) is 0 Å². The highest BCUT2D eigenvalue weighted by Crippen LogP contribution is 2.34. The van der Waals surface area contributed by atoms with E-state index in [2.05, 4.69) is 32.0 Å². The summed E-state index contributed by atoms with van der Waals surface area (Å²) in [4.78, 5) is 7.66. The largest absolute Gasteiger partial charge is 0.361 e. The number of aromatic nitrogens is 3. The minimum atomic E-state index is 0.582. The molecule has 0 bridgehead atoms. The molecule has 2 heterocycles. The van der Waals surface area contributed by atoms with Gasteiger partial charge in [-0.25, -0.2) is 0 Å². The van der Waals surface area contributed by atoms with Crippen molar-refractivity contribution in [1.29, 1.82) is 0 Å². The Labute approximate surface area is 156 Å². The highest BCUT2D eigenvalue weighted by molar-refractivity contribution is 7.97. The van der Waals surface area contributed by atoms with Gasteiger partial charge in [-0.3, -0.25) is 4.72 Å². The average Bonchev–Trinajstić information content (AvgIpc) is 3.14. The minimum absolute atomic E-state index is 0.582. The first-order valence-electron chi connectivity index (χ1n) is 8.73. The van der Waals surface area contributed by atoms with Crippen molar-refractivity contribution in [2.45, 2.75) is 56.9 Å². The molecule has 0 radical (unpaired) electrons. The van der Waals surface area contributed by atoms with E-state index in [9.17, 15) is 0 Å². The van der Waals surface area contributed by atoms with Crippen molar-refractivity contribution in [3.05, 3.63) is 28.4 Å². The second-order valence-electron chi connectivity index (χ2n) is 6.73. The third-order valence-electron chi connectivity index (χ3n) is 4.85. The molecule has 3 aromatic rings. The Morgan fingerprint density at radius 3 is 2.72 bits per heavy atom. The number of hydrogen-bond donors (Lipinski definition) is 3. The molecule has 1 aliphatic carbocycles. The van der Waals surface area contributed by atoms with Crippen LogP contribution >= 0.6 is 24.2 Å². The summed E-state index contributed by atoms with van der Waals surface area (Å²) in [5.41, 5.74) is 5.12. The maximum atomic E-state index is 5.35. The third kappa shape index (κ3) is 3.41. The maximum Gasteiger partial charge on any atom is 0.175 e. The molecule has 4 rings (SSSR count). The maximum absolute atomic E-state index is 5.35. The van der Waals surface area contributed by atoms with E-state index >= 15 is 0 Å². The SMILES string of the molecule is Cc1noc(C)c1-c1cc(SNC2CCCCC2)c2[nH]c(=S)[nH]c2c1. The zero-order valence-corrected chi connectivity index (χ0v) is 16.1. The minimum Gasteiger partial charge on any atom is -0.361 e. The number of rotatable bonds is 4. The van der Waals surface area contributed by atoms with Crippen LogP contribution in [0.15, 0.2) is 21.6 Å². The molecule has 0 spiro atoms. The zero-order chi connectivity index (χ0) is 17.4. The van der Waals surface area contributed by atoms with Gasteiger partial charge < -0.3 is 14.5 Å². The molecular formula is C18H22N4OS2. The average molecular weight is 375 g/mol. The summed E-state index contributed by atoms with van der Waals surface area (Å²) in [6.07, 6.45) is 6.50. The lowest BCUT2D eigenvalue weighted by atomic mass is 9.96. The van der Waals surface area contributed by atoms with Crippen LogP contribution in [-0.4, -0.2) is 21.2 Å². The summed E-state index contributed by atoms with van der Waals surface area (Å²) in [5.74, 6) is 0.835. The number of aryl methyl sites for hydroxylation is 2. The number of fused-ring (bicyclic) bond motifs is 1. The zero-order valence-electron chi connectivity index (χ0n) is 14.4. The van der Waals surface area contributed by atoms with Crippen LogP contribution in [0.25, 0.3) is 22.2 Å². The molecule has 132 valence electrons. The Hall–Kier alpha value is -1.57. The smallest absolute Gasteiger partial charge is 0.175 e. The van der Waals surface area contributed by atoms with Crippen LogP contribution in [0.3, 0.4) is 0 Å². The van der Waals surface area contributed by atoms with Gasteiger partial charge in [-0.1, -0.05) is 24.4 Å². The lowest BCUT2D eigenvalue weighted by Gasteiger charge is -2.22. The van der Waals surface area contributed by atoms with Gasteiger partial charge in [-0.05, 0) is 68.6 Å². The third-order valence-corrected chi connectivity index (χ3v) is 6.05. The topological polar surface area (TPSA) is 69.6 Å². The Balaban J connectivity index is 1.72. The van der Waals surface area contributed by atoms with Crippen LogP contribution in [0.1, 0.15) is 43.6 Å². The van der Waals surface area contributed by atoms with Crippen molar-refractivity contribution in [3.8, 4) is 11.1 Å². The van der Waals surface area contributed by atoms with Gasteiger partial charge in [-0.2, -0.15) is 0 Å². The summed E-state index contributed by atoms with van der Waals surface area (Å²) in [6, 6.07) is 4.88. The van der Waals surface area contributed by atoms with Crippen LogP contribution in [0.4, 0.5) is 0 Å². The molecule has 3 N–H and O–H groups in total. The Morgan fingerprint density at radius 2 is 2.00 bits per heavy atom. The van der Waals surface area contributed by atoms with Crippen molar-refractivity contribution in [2.75, 3.05) is 0 Å². The van der Waals surface area contributed by atoms with Crippen LogP contribution in [0.2, 0.25) is 0 Å². The van der Waals surface area contributed by atoms with Crippen molar-refractivity contribution >= 4 is 35.2 Å². The van der Waals surface area contributed by atoms with Gasteiger partial charge in [0.05, 0.1) is 16.7 Å². The molecule has 1 aliphatic rings. The molecule has 2 aromatic heterocycles. The van der Waals surface area contributed by atoms with Crippen LogP contribution in [0, 0.1) is 18.6 Å². The molecule has 0 saturated heterocycles. The summed E-state index contributed by atoms with van der Waals surface area (Å²) >= 11 is 7.00. The number of nitrogens with one attached hydrogen (secondary N) is 3. The molecule has 0 amide bonds.